The number of allylic oxidation sites excluding steroid dienone is 3. The second-order valence-electron chi connectivity index (χ2n) is 2.46. The van der Waals surface area contributed by atoms with E-state index in [2.05, 4.69) is 0 Å². The van der Waals surface area contributed by atoms with Gasteiger partial charge in [-0.05, 0) is 0 Å². The molecule has 0 aliphatic rings. The number of carbonyl (C=O) groups is 1. The average molecular weight is 250 g/mol. The molecule has 92 valence electrons. The number of carbonyl (C=O) groups excluding carboxylic acids is 1. The Bertz CT molecular complexity index is 335. The molecule has 0 spiro atoms. The standard InChI is InChI=1S/C7H4F6O3/c8-6(9,10)4(15)1-3(14)2-5(16)7(11,12)13/h1-2,14-15H/b3-2?,4-1-. The molecule has 0 aromatic rings. The monoisotopic (exact) mass is 250 g/mol. The molecule has 0 saturated carbocycles. The lowest BCUT2D eigenvalue weighted by atomic mass is 10.3. The normalized spacial score (nSPS) is 15.1. The molecule has 0 heterocycles. The topological polar surface area (TPSA) is 57.5 Å². The van der Waals surface area contributed by atoms with Crippen molar-refractivity contribution >= 4 is 5.78 Å². The third-order valence-electron chi connectivity index (χ3n) is 1.13. The first kappa shape index (κ1) is 14.3. The van der Waals surface area contributed by atoms with Crippen molar-refractivity contribution in [2.45, 2.75) is 12.4 Å². The maximum absolute atomic E-state index is 11.6. The van der Waals surface area contributed by atoms with Crippen LogP contribution in [0.15, 0.2) is 23.7 Å². The van der Waals surface area contributed by atoms with E-state index in [9.17, 15) is 31.1 Å². The fourth-order valence-corrected chi connectivity index (χ4v) is 0.480. The molecule has 3 nitrogen and oxygen atoms in total. The van der Waals surface area contributed by atoms with Crippen LogP contribution in [0.4, 0.5) is 26.3 Å². The van der Waals surface area contributed by atoms with Crippen LogP contribution in [0.1, 0.15) is 0 Å². The first-order valence-corrected chi connectivity index (χ1v) is 3.44. The van der Waals surface area contributed by atoms with E-state index in [0.717, 1.165) is 0 Å². The van der Waals surface area contributed by atoms with Gasteiger partial charge in [0.05, 0.1) is 0 Å². The SMILES string of the molecule is O=C(C=C(O)/C=C(\O)C(F)(F)F)C(F)(F)F. The lowest BCUT2D eigenvalue weighted by Gasteiger charge is -2.04. The Labute approximate surface area is 84.3 Å². The second-order valence-corrected chi connectivity index (χ2v) is 2.46. The Morgan fingerprint density at radius 1 is 0.875 bits per heavy atom. The minimum atomic E-state index is -5.31. The summed E-state index contributed by atoms with van der Waals surface area (Å²) in [5.41, 5.74) is 0. The molecule has 16 heavy (non-hydrogen) atoms. The smallest absolute Gasteiger partial charge is 0.454 e. The van der Waals surface area contributed by atoms with Crippen molar-refractivity contribution in [2.24, 2.45) is 0 Å². The molecule has 0 rings (SSSR count). The highest BCUT2D eigenvalue weighted by Gasteiger charge is 2.37. The van der Waals surface area contributed by atoms with Crippen LogP contribution >= 0.6 is 0 Å². The molecule has 0 aromatic carbocycles. The molecule has 0 radical (unpaired) electrons. The molecule has 0 atom stereocenters. The highest BCUT2D eigenvalue weighted by atomic mass is 19.4. The molecular weight excluding hydrogens is 246 g/mol. The summed E-state index contributed by atoms with van der Waals surface area (Å²) >= 11 is 0. The number of rotatable bonds is 2. The van der Waals surface area contributed by atoms with E-state index >= 15 is 0 Å². The third kappa shape index (κ3) is 4.71. The summed E-state index contributed by atoms with van der Waals surface area (Å²) in [5, 5.41) is 16.7. The average Bonchev–Trinajstić information content (AvgIpc) is 1.99. The number of aliphatic hydroxyl groups excluding tert-OH is 2. The van der Waals surface area contributed by atoms with Crippen molar-refractivity contribution in [2.75, 3.05) is 0 Å². The van der Waals surface area contributed by atoms with Crippen LogP contribution in [-0.2, 0) is 4.79 Å². The van der Waals surface area contributed by atoms with E-state index < -0.39 is 41.8 Å². The van der Waals surface area contributed by atoms with Crippen molar-refractivity contribution in [3.63, 3.8) is 0 Å². The largest absolute Gasteiger partial charge is 0.508 e. The van der Waals surface area contributed by atoms with E-state index in [1.807, 2.05) is 0 Å². The van der Waals surface area contributed by atoms with Crippen LogP contribution in [0, 0.1) is 0 Å². The van der Waals surface area contributed by atoms with E-state index in [4.69, 9.17) is 10.2 Å². The van der Waals surface area contributed by atoms with Crippen LogP contribution in [-0.4, -0.2) is 28.3 Å². The minimum absolute atomic E-state index is 0.413. The summed E-state index contributed by atoms with van der Waals surface area (Å²) in [5.74, 6) is -6.52. The number of ketones is 1. The van der Waals surface area contributed by atoms with E-state index in [-0.39, 0.29) is 0 Å². The molecule has 0 bridgehead atoms. The highest BCUT2D eigenvalue weighted by molar-refractivity contribution is 5.94. The van der Waals surface area contributed by atoms with Gasteiger partial charge >= 0.3 is 12.4 Å². The summed E-state index contributed by atoms with van der Waals surface area (Å²) in [6.07, 6.45) is -11.4. The van der Waals surface area contributed by atoms with Crippen LogP contribution in [0.3, 0.4) is 0 Å². The van der Waals surface area contributed by atoms with Gasteiger partial charge in [0, 0.05) is 12.2 Å². The maximum Gasteiger partial charge on any atom is 0.454 e. The van der Waals surface area contributed by atoms with Gasteiger partial charge in [0.25, 0.3) is 5.78 Å². The van der Waals surface area contributed by atoms with Gasteiger partial charge in [-0.1, -0.05) is 0 Å². The van der Waals surface area contributed by atoms with E-state index in [0.29, 0.717) is 0 Å². The lowest BCUT2D eigenvalue weighted by Crippen LogP contribution is -2.20. The van der Waals surface area contributed by atoms with Crippen LogP contribution in [0.25, 0.3) is 0 Å². The Morgan fingerprint density at radius 2 is 1.31 bits per heavy atom. The third-order valence-corrected chi connectivity index (χ3v) is 1.13. The van der Waals surface area contributed by atoms with Gasteiger partial charge in [-0.25, -0.2) is 0 Å². The molecule has 0 aliphatic carbocycles. The molecule has 9 heteroatoms. The zero-order chi connectivity index (χ0) is 13.1. The van der Waals surface area contributed by atoms with Crippen LogP contribution in [0.5, 0.6) is 0 Å². The van der Waals surface area contributed by atoms with Crippen molar-refractivity contribution < 1.29 is 41.4 Å². The fraction of sp³-hybridized carbons (Fsp3) is 0.286. The summed E-state index contributed by atoms with van der Waals surface area (Å²) in [6, 6.07) is 0. The van der Waals surface area contributed by atoms with Crippen LogP contribution in [0.2, 0.25) is 0 Å². The molecule has 0 saturated heterocycles. The van der Waals surface area contributed by atoms with E-state index in [1.54, 1.807) is 0 Å². The first-order chi connectivity index (χ1) is 6.94. The van der Waals surface area contributed by atoms with Crippen LogP contribution < -0.4 is 0 Å². The van der Waals surface area contributed by atoms with Gasteiger partial charge in [-0.2, -0.15) is 26.3 Å². The van der Waals surface area contributed by atoms with Gasteiger partial charge in [-0.3, -0.25) is 4.79 Å². The molecule has 0 aromatic heterocycles. The summed E-state index contributed by atoms with van der Waals surface area (Å²) in [7, 11) is 0. The molecular formula is C7H4F6O3. The van der Waals surface area contributed by atoms with Gasteiger partial charge in [-0.15, -0.1) is 0 Å². The van der Waals surface area contributed by atoms with Crippen molar-refractivity contribution in [1.29, 1.82) is 0 Å². The Hall–Kier alpha value is -1.67. The number of aliphatic hydroxyl groups is 2. The van der Waals surface area contributed by atoms with Gasteiger partial charge in [0.2, 0.25) is 5.76 Å². The molecule has 0 unspecified atom stereocenters. The molecule has 0 aliphatic heterocycles. The number of hydrogen-bond donors (Lipinski definition) is 2. The predicted octanol–water partition coefficient (Wildman–Crippen LogP) is 2.56. The summed E-state index contributed by atoms with van der Waals surface area (Å²) in [4.78, 5) is 10.2. The Kier molecular flexibility index (Phi) is 3.99. The van der Waals surface area contributed by atoms with E-state index in [1.165, 1.54) is 0 Å². The maximum atomic E-state index is 11.6. The fourth-order valence-electron chi connectivity index (χ4n) is 0.480. The first-order valence-electron chi connectivity index (χ1n) is 3.44. The quantitative estimate of drug-likeness (QED) is 0.342. The Morgan fingerprint density at radius 3 is 1.62 bits per heavy atom. The predicted molar refractivity (Wildman–Crippen MR) is 38.5 cm³/mol. The minimum Gasteiger partial charge on any atom is -0.508 e. The van der Waals surface area contributed by atoms with Crippen molar-refractivity contribution in [3.05, 3.63) is 23.7 Å². The molecule has 0 amide bonds. The second kappa shape index (κ2) is 4.45. The van der Waals surface area contributed by atoms with Gasteiger partial charge < -0.3 is 10.2 Å². The zero-order valence-electron chi connectivity index (χ0n) is 7.23. The summed E-state index contributed by atoms with van der Waals surface area (Å²) < 4.78 is 69.6. The number of hydrogen-bond acceptors (Lipinski definition) is 3. The molecule has 0 fully saturated rings. The Balaban J connectivity index is 4.91. The van der Waals surface area contributed by atoms with Crippen molar-refractivity contribution in [3.8, 4) is 0 Å². The summed E-state index contributed by atoms with van der Waals surface area (Å²) in [6.45, 7) is 0. The zero-order valence-corrected chi connectivity index (χ0v) is 7.23. The number of halogens is 6. The molecule has 2 N–H and O–H groups in total. The lowest BCUT2D eigenvalue weighted by molar-refractivity contribution is -0.165. The van der Waals surface area contributed by atoms with Gasteiger partial charge in [0.1, 0.15) is 5.76 Å². The highest BCUT2D eigenvalue weighted by Crippen LogP contribution is 2.24. The number of alkyl halides is 6. The van der Waals surface area contributed by atoms with Gasteiger partial charge in [0.15, 0.2) is 0 Å². The van der Waals surface area contributed by atoms with Crippen molar-refractivity contribution in [1.82, 2.24) is 0 Å².